The average molecular weight is 299 g/mol. The Morgan fingerprint density at radius 2 is 2.05 bits per heavy atom. The Hall–Kier alpha value is -1.53. The maximum atomic E-state index is 13.8. The number of carboxylic acids is 1. The van der Waals surface area contributed by atoms with Crippen LogP contribution < -0.4 is 0 Å². The number of halogens is 2. The van der Waals surface area contributed by atoms with E-state index in [0.29, 0.717) is 6.54 Å². The van der Waals surface area contributed by atoms with E-state index in [2.05, 4.69) is 0 Å². The van der Waals surface area contributed by atoms with E-state index in [1.807, 2.05) is 6.92 Å². The van der Waals surface area contributed by atoms with E-state index in [-0.39, 0.29) is 31.4 Å². The van der Waals surface area contributed by atoms with Gasteiger partial charge in [0.1, 0.15) is 11.6 Å². The number of hydrogen-bond donors (Lipinski definition) is 1. The van der Waals surface area contributed by atoms with Crippen LogP contribution in [0, 0.1) is 17.6 Å². The van der Waals surface area contributed by atoms with Crippen LogP contribution in [0.4, 0.5) is 8.78 Å². The van der Waals surface area contributed by atoms with E-state index >= 15 is 0 Å². The van der Waals surface area contributed by atoms with Gasteiger partial charge in [0.05, 0.1) is 19.1 Å². The van der Waals surface area contributed by atoms with Crippen molar-refractivity contribution in [2.24, 2.45) is 5.92 Å². The molecule has 6 heteroatoms. The van der Waals surface area contributed by atoms with E-state index in [4.69, 9.17) is 4.74 Å². The molecule has 4 nitrogen and oxygen atoms in total. The maximum Gasteiger partial charge on any atom is 0.310 e. The van der Waals surface area contributed by atoms with Crippen molar-refractivity contribution in [3.8, 4) is 0 Å². The van der Waals surface area contributed by atoms with Crippen LogP contribution in [0.2, 0.25) is 0 Å². The topological polar surface area (TPSA) is 49.8 Å². The molecule has 0 radical (unpaired) electrons. The molecular weight excluding hydrogens is 280 g/mol. The largest absolute Gasteiger partial charge is 0.481 e. The van der Waals surface area contributed by atoms with Gasteiger partial charge in [-0.2, -0.15) is 0 Å². The van der Waals surface area contributed by atoms with Gasteiger partial charge in [0.2, 0.25) is 0 Å². The van der Waals surface area contributed by atoms with Crippen LogP contribution in [-0.4, -0.2) is 41.8 Å². The molecule has 2 atom stereocenters. The van der Waals surface area contributed by atoms with E-state index < -0.39 is 23.5 Å². The molecule has 21 heavy (non-hydrogen) atoms. The van der Waals surface area contributed by atoms with Crippen molar-refractivity contribution in [1.82, 2.24) is 4.90 Å². The Bertz CT molecular complexity index is 489. The number of carboxylic acid groups (broad SMARTS) is 1. The molecular formula is C15H19F2NO3. The molecule has 1 fully saturated rings. The number of carbonyl (C=O) groups is 1. The zero-order valence-corrected chi connectivity index (χ0v) is 11.9. The summed E-state index contributed by atoms with van der Waals surface area (Å²) >= 11 is 0. The Labute approximate surface area is 122 Å². The summed E-state index contributed by atoms with van der Waals surface area (Å²) in [4.78, 5) is 13.1. The minimum atomic E-state index is -0.937. The van der Waals surface area contributed by atoms with E-state index in [0.717, 1.165) is 6.42 Å². The molecule has 2 rings (SSSR count). The molecule has 0 aliphatic carbocycles. The van der Waals surface area contributed by atoms with Crippen LogP contribution >= 0.6 is 0 Å². The molecule has 0 saturated carbocycles. The monoisotopic (exact) mass is 299 g/mol. The molecule has 0 spiro atoms. The molecule has 0 amide bonds. The summed E-state index contributed by atoms with van der Waals surface area (Å²) in [5, 5.41) is 9.22. The summed E-state index contributed by atoms with van der Waals surface area (Å²) in [6.45, 7) is 2.96. The summed E-state index contributed by atoms with van der Waals surface area (Å²) < 4.78 is 32.8. The molecule has 1 aliphatic heterocycles. The van der Waals surface area contributed by atoms with Gasteiger partial charge in [-0.15, -0.1) is 0 Å². The first-order valence-electron chi connectivity index (χ1n) is 7.02. The fourth-order valence-electron chi connectivity index (χ4n) is 2.67. The van der Waals surface area contributed by atoms with Crippen molar-refractivity contribution in [1.29, 1.82) is 0 Å². The van der Waals surface area contributed by atoms with Crippen molar-refractivity contribution in [3.05, 3.63) is 35.4 Å². The molecule has 1 saturated heterocycles. The predicted molar refractivity (Wildman–Crippen MR) is 72.8 cm³/mol. The van der Waals surface area contributed by atoms with Crippen LogP contribution in [-0.2, 0) is 16.1 Å². The fraction of sp³-hybridized carbons (Fsp3) is 0.533. The molecule has 116 valence electrons. The Morgan fingerprint density at radius 3 is 2.62 bits per heavy atom. The van der Waals surface area contributed by atoms with Crippen LogP contribution in [0.25, 0.3) is 0 Å². The SMILES string of the molecule is CCCN(Cc1c(F)cccc1F)C1COCC1C(=O)O. The lowest BCUT2D eigenvalue weighted by atomic mass is 10.0. The highest BCUT2D eigenvalue weighted by atomic mass is 19.1. The van der Waals surface area contributed by atoms with Gasteiger partial charge in [-0.1, -0.05) is 13.0 Å². The van der Waals surface area contributed by atoms with E-state index in [1.165, 1.54) is 18.2 Å². The zero-order valence-electron chi connectivity index (χ0n) is 11.9. The fourth-order valence-corrected chi connectivity index (χ4v) is 2.67. The van der Waals surface area contributed by atoms with E-state index in [1.54, 1.807) is 4.90 Å². The normalized spacial score (nSPS) is 21.9. The van der Waals surface area contributed by atoms with Gasteiger partial charge in [-0.05, 0) is 25.1 Å². The van der Waals surface area contributed by atoms with Crippen LogP contribution in [0.15, 0.2) is 18.2 Å². The Balaban J connectivity index is 2.21. The third-order valence-electron chi connectivity index (χ3n) is 3.77. The highest BCUT2D eigenvalue weighted by Crippen LogP contribution is 2.24. The standard InChI is InChI=1S/C15H19F2NO3/c1-2-6-18(14-9-21-8-11(14)15(19)20)7-10-12(16)4-3-5-13(10)17/h3-5,11,14H,2,6-9H2,1H3,(H,19,20). The lowest BCUT2D eigenvalue weighted by Gasteiger charge is -2.30. The Kier molecular flexibility index (Phi) is 5.25. The summed E-state index contributed by atoms with van der Waals surface area (Å²) in [5.74, 6) is -2.82. The van der Waals surface area contributed by atoms with Gasteiger partial charge in [-0.25, -0.2) is 8.78 Å². The van der Waals surface area contributed by atoms with Crippen LogP contribution in [0.5, 0.6) is 0 Å². The highest BCUT2D eigenvalue weighted by molar-refractivity contribution is 5.71. The lowest BCUT2D eigenvalue weighted by Crippen LogP contribution is -2.43. The second kappa shape index (κ2) is 6.95. The number of aliphatic carboxylic acids is 1. The van der Waals surface area contributed by atoms with Gasteiger partial charge in [-0.3, -0.25) is 9.69 Å². The summed E-state index contributed by atoms with van der Waals surface area (Å²) in [6.07, 6.45) is 0.763. The molecule has 1 aromatic carbocycles. The summed E-state index contributed by atoms with van der Waals surface area (Å²) in [5.41, 5.74) is -0.0259. The number of rotatable bonds is 6. The second-order valence-corrected chi connectivity index (χ2v) is 5.22. The van der Waals surface area contributed by atoms with Gasteiger partial charge < -0.3 is 9.84 Å². The quantitative estimate of drug-likeness (QED) is 0.875. The van der Waals surface area contributed by atoms with Crippen molar-refractivity contribution >= 4 is 5.97 Å². The van der Waals surface area contributed by atoms with Crippen molar-refractivity contribution in [3.63, 3.8) is 0 Å². The first-order valence-corrected chi connectivity index (χ1v) is 7.02. The maximum absolute atomic E-state index is 13.8. The molecule has 1 aliphatic rings. The predicted octanol–water partition coefficient (Wildman–Crippen LogP) is 2.28. The zero-order chi connectivity index (χ0) is 15.4. The minimum absolute atomic E-state index is 0.0259. The minimum Gasteiger partial charge on any atom is -0.481 e. The molecule has 2 unspecified atom stereocenters. The molecule has 1 N–H and O–H groups in total. The van der Waals surface area contributed by atoms with Crippen LogP contribution in [0.1, 0.15) is 18.9 Å². The van der Waals surface area contributed by atoms with Gasteiger partial charge in [0.15, 0.2) is 0 Å². The molecule has 0 bridgehead atoms. The highest BCUT2D eigenvalue weighted by Gasteiger charge is 2.38. The first-order chi connectivity index (χ1) is 10.0. The third-order valence-corrected chi connectivity index (χ3v) is 3.77. The average Bonchev–Trinajstić information content (AvgIpc) is 2.91. The summed E-state index contributed by atoms with van der Waals surface area (Å²) in [6, 6.07) is 3.38. The van der Waals surface area contributed by atoms with Gasteiger partial charge >= 0.3 is 5.97 Å². The van der Waals surface area contributed by atoms with Crippen molar-refractivity contribution in [2.45, 2.75) is 25.9 Å². The molecule has 1 aromatic rings. The van der Waals surface area contributed by atoms with Crippen molar-refractivity contribution in [2.75, 3.05) is 19.8 Å². The molecule has 1 heterocycles. The Morgan fingerprint density at radius 1 is 1.38 bits per heavy atom. The third kappa shape index (κ3) is 3.57. The lowest BCUT2D eigenvalue weighted by molar-refractivity contribution is -0.143. The number of ether oxygens (including phenoxy) is 1. The molecule has 0 aromatic heterocycles. The number of benzene rings is 1. The number of nitrogens with zero attached hydrogens (tertiary/aromatic N) is 1. The second-order valence-electron chi connectivity index (χ2n) is 5.22. The smallest absolute Gasteiger partial charge is 0.310 e. The first kappa shape index (κ1) is 15.9. The van der Waals surface area contributed by atoms with Gasteiger partial charge in [0, 0.05) is 18.2 Å². The van der Waals surface area contributed by atoms with Crippen molar-refractivity contribution < 1.29 is 23.4 Å². The van der Waals surface area contributed by atoms with Gasteiger partial charge in [0.25, 0.3) is 0 Å². The van der Waals surface area contributed by atoms with Crippen LogP contribution in [0.3, 0.4) is 0 Å². The van der Waals surface area contributed by atoms with E-state index in [9.17, 15) is 18.7 Å². The number of hydrogen-bond acceptors (Lipinski definition) is 3. The summed E-state index contributed by atoms with van der Waals surface area (Å²) in [7, 11) is 0.